The highest BCUT2D eigenvalue weighted by Crippen LogP contribution is 2.13. The van der Waals surface area contributed by atoms with E-state index in [1.807, 2.05) is 4.90 Å². The number of rotatable bonds is 1. The predicted octanol–water partition coefficient (Wildman–Crippen LogP) is -0.103. The second kappa shape index (κ2) is 3.08. The number of nitrogens with two attached hydrogens (primary N) is 1. The molecular weight excluding hydrogens is 168 g/mol. The zero-order chi connectivity index (χ0) is 9.26. The van der Waals surface area contributed by atoms with Crippen molar-refractivity contribution in [1.29, 1.82) is 0 Å². The van der Waals surface area contributed by atoms with Crippen molar-refractivity contribution in [3.8, 4) is 0 Å². The first kappa shape index (κ1) is 8.10. The number of aromatic nitrogens is 2. The fourth-order valence-corrected chi connectivity index (χ4v) is 1.55. The molecule has 13 heavy (non-hydrogen) atoms. The van der Waals surface area contributed by atoms with Gasteiger partial charge in [0.2, 0.25) is 0 Å². The minimum atomic E-state index is 0.401. The van der Waals surface area contributed by atoms with Gasteiger partial charge in [-0.3, -0.25) is 4.90 Å². The summed E-state index contributed by atoms with van der Waals surface area (Å²) in [7, 11) is 0. The minimum Gasteiger partial charge on any atom is -0.740 e. The second-order valence-electron chi connectivity index (χ2n) is 3.21. The van der Waals surface area contributed by atoms with E-state index >= 15 is 0 Å². The van der Waals surface area contributed by atoms with Gasteiger partial charge in [-0.05, 0) is 12.8 Å². The smallest absolute Gasteiger partial charge is 0.394 e. The fraction of sp³-hybridized carbons (Fsp3) is 0.500. The molecule has 1 fully saturated rings. The lowest BCUT2D eigenvalue weighted by atomic mass is 10.4. The van der Waals surface area contributed by atoms with Crippen LogP contribution in [0.25, 0.3) is 0 Å². The first-order valence-corrected chi connectivity index (χ1v) is 4.37. The lowest BCUT2D eigenvalue weighted by Crippen LogP contribution is -2.38. The molecule has 2 heterocycles. The van der Waals surface area contributed by atoms with Crippen LogP contribution in [0.3, 0.4) is 0 Å². The first-order valence-electron chi connectivity index (χ1n) is 4.37. The summed E-state index contributed by atoms with van der Waals surface area (Å²) in [6.45, 7) is 1.83. The summed E-state index contributed by atoms with van der Waals surface area (Å²) < 4.78 is 0.737. The van der Waals surface area contributed by atoms with Crippen molar-refractivity contribution >= 4 is 11.6 Å². The monoisotopic (exact) mass is 180 g/mol. The van der Waals surface area contributed by atoms with Crippen molar-refractivity contribution in [3.05, 3.63) is 17.6 Å². The highest BCUT2D eigenvalue weighted by Gasteiger charge is 2.22. The van der Waals surface area contributed by atoms with E-state index in [1.165, 1.54) is 12.4 Å². The van der Waals surface area contributed by atoms with Crippen LogP contribution in [0, 0.1) is 5.21 Å². The molecule has 2 N–H and O–H groups in total. The molecule has 2 rings (SSSR count). The number of nitrogen functional groups attached to an aromatic ring is 1. The molecule has 1 saturated heterocycles. The summed E-state index contributed by atoms with van der Waals surface area (Å²) in [5.74, 6) is 0.465. The summed E-state index contributed by atoms with van der Waals surface area (Å²) in [4.78, 5) is 5.99. The Hall–Kier alpha value is -1.52. The Morgan fingerprint density at radius 1 is 1.46 bits per heavy atom. The molecule has 0 atom stereocenters. The van der Waals surface area contributed by atoms with Gasteiger partial charge in [0.15, 0.2) is 0 Å². The summed E-state index contributed by atoms with van der Waals surface area (Å²) >= 11 is 0. The zero-order valence-corrected chi connectivity index (χ0v) is 7.31. The lowest BCUT2D eigenvalue weighted by Gasteiger charge is -2.14. The molecule has 0 amide bonds. The van der Waals surface area contributed by atoms with Crippen LogP contribution in [0.1, 0.15) is 12.8 Å². The van der Waals surface area contributed by atoms with Crippen molar-refractivity contribution in [1.82, 2.24) is 4.98 Å². The topological polar surface area (TPSA) is 69.1 Å². The van der Waals surface area contributed by atoms with Gasteiger partial charge < -0.3 is 10.9 Å². The molecular formula is C8H12N4O. The summed E-state index contributed by atoms with van der Waals surface area (Å²) in [6.07, 6.45) is 5.13. The van der Waals surface area contributed by atoms with Crippen LogP contribution in [0.4, 0.5) is 11.6 Å². The van der Waals surface area contributed by atoms with Crippen LogP contribution in [0.2, 0.25) is 0 Å². The maximum Gasteiger partial charge on any atom is 0.394 e. The van der Waals surface area contributed by atoms with Crippen molar-refractivity contribution in [2.24, 2.45) is 0 Å². The predicted molar refractivity (Wildman–Crippen MR) is 49.1 cm³/mol. The number of hydrogen-bond acceptors (Lipinski definition) is 4. The van der Waals surface area contributed by atoms with Crippen LogP contribution < -0.4 is 15.4 Å². The first-order chi connectivity index (χ1) is 6.27. The van der Waals surface area contributed by atoms with Gasteiger partial charge >= 0.3 is 5.95 Å². The van der Waals surface area contributed by atoms with E-state index in [0.29, 0.717) is 11.6 Å². The highest BCUT2D eigenvalue weighted by atomic mass is 16.5. The quantitative estimate of drug-likeness (QED) is 0.484. The third-order valence-corrected chi connectivity index (χ3v) is 2.18. The Kier molecular flexibility index (Phi) is 1.92. The molecule has 1 aliphatic rings. The maximum absolute atomic E-state index is 11.4. The Morgan fingerprint density at radius 3 is 2.77 bits per heavy atom. The molecule has 0 aromatic carbocycles. The molecule has 0 saturated carbocycles. The molecule has 1 aromatic heterocycles. The molecule has 1 aromatic rings. The largest absolute Gasteiger partial charge is 0.740 e. The normalized spacial score (nSPS) is 16.5. The SMILES string of the molecule is Nc1cnc(N2CCCC2)[n+]([O-])c1. The third-order valence-electron chi connectivity index (χ3n) is 2.18. The molecule has 0 unspecified atom stereocenters. The van der Waals surface area contributed by atoms with Crippen molar-refractivity contribution in [3.63, 3.8) is 0 Å². The van der Waals surface area contributed by atoms with Gasteiger partial charge in [0.05, 0.1) is 25.0 Å². The minimum absolute atomic E-state index is 0.401. The average molecular weight is 180 g/mol. The molecule has 5 heteroatoms. The fourth-order valence-electron chi connectivity index (χ4n) is 1.55. The van der Waals surface area contributed by atoms with E-state index in [9.17, 15) is 5.21 Å². The van der Waals surface area contributed by atoms with E-state index in [0.717, 1.165) is 30.7 Å². The van der Waals surface area contributed by atoms with Gasteiger partial charge in [-0.1, -0.05) is 4.98 Å². The van der Waals surface area contributed by atoms with Crippen molar-refractivity contribution in [2.75, 3.05) is 23.7 Å². The molecule has 0 aliphatic carbocycles. The Bertz CT molecular complexity index is 309. The molecule has 0 bridgehead atoms. The van der Waals surface area contributed by atoms with Gasteiger partial charge in [-0.2, -0.15) is 0 Å². The molecule has 5 nitrogen and oxygen atoms in total. The summed E-state index contributed by atoms with van der Waals surface area (Å²) in [5.41, 5.74) is 5.83. The van der Waals surface area contributed by atoms with E-state index in [2.05, 4.69) is 4.98 Å². The zero-order valence-electron chi connectivity index (χ0n) is 7.31. The van der Waals surface area contributed by atoms with E-state index in [-0.39, 0.29) is 0 Å². The Morgan fingerprint density at radius 2 is 2.15 bits per heavy atom. The van der Waals surface area contributed by atoms with Crippen LogP contribution >= 0.6 is 0 Å². The van der Waals surface area contributed by atoms with Crippen LogP contribution in [-0.2, 0) is 0 Å². The van der Waals surface area contributed by atoms with E-state index in [4.69, 9.17) is 5.73 Å². The number of hydrogen-bond donors (Lipinski definition) is 1. The maximum atomic E-state index is 11.4. The highest BCUT2D eigenvalue weighted by molar-refractivity contribution is 5.33. The average Bonchev–Trinajstić information content (AvgIpc) is 2.56. The third kappa shape index (κ3) is 1.49. The summed E-state index contributed by atoms with van der Waals surface area (Å²) in [6, 6.07) is 0. The number of anilines is 2. The molecule has 70 valence electrons. The van der Waals surface area contributed by atoms with E-state index < -0.39 is 0 Å². The van der Waals surface area contributed by atoms with Gasteiger partial charge in [-0.25, -0.2) is 4.73 Å². The van der Waals surface area contributed by atoms with Crippen LogP contribution in [-0.4, -0.2) is 18.1 Å². The lowest BCUT2D eigenvalue weighted by molar-refractivity contribution is -0.594. The van der Waals surface area contributed by atoms with Gasteiger partial charge in [0.25, 0.3) is 0 Å². The van der Waals surface area contributed by atoms with Crippen molar-refractivity contribution in [2.45, 2.75) is 12.8 Å². The van der Waals surface area contributed by atoms with Gasteiger partial charge in [0.1, 0.15) is 6.20 Å². The summed E-state index contributed by atoms with van der Waals surface area (Å²) in [5, 5.41) is 11.4. The van der Waals surface area contributed by atoms with Gasteiger partial charge in [0, 0.05) is 0 Å². The second-order valence-corrected chi connectivity index (χ2v) is 3.21. The Balaban J connectivity index is 2.29. The van der Waals surface area contributed by atoms with Gasteiger partial charge in [-0.15, -0.1) is 0 Å². The molecule has 1 aliphatic heterocycles. The standard InChI is InChI=1S/C8H12N4O/c9-7-5-10-8(12(13)6-7)11-3-1-2-4-11/h5-6H,1-4,9H2. The van der Waals surface area contributed by atoms with Crippen LogP contribution in [0.15, 0.2) is 12.4 Å². The molecule has 0 spiro atoms. The Labute approximate surface area is 76.4 Å². The molecule has 0 radical (unpaired) electrons. The van der Waals surface area contributed by atoms with Crippen LogP contribution in [0.5, 0.6) is 0 Å². The number of nitrogens with zero attached hydrogens (tertiary/aromatic N) is 3. The van der Waals surface area contributed by atoms with E-state index in [1.54, 1.807) is 0 Å². The van der Waals surface area contributed by atoms with Crippen molar-refractivity contribution < 1.29 is 4.73 Å².